The third-order valence-corrected chi connectivity index (χ3v) is 4.30. The normalized spacial score (nSPS) is 20.2. The van der Waals surface area contributed by atoms with E-state index in [1.54, 1.807) is 0 Å². The van der Waals surface area contributed by atoms with E-state index >= 15 is 0 Å². The fourth-order valence-corrected chi connectivity index (χ4v) is 3.28. The number of fused-ring (bicyclic) bond motifs is 1. The first-order valence-corrected chi connectivity index (χ1v) is 7.10. The predicted molar refractivity (Wildman–Crippen MR) is 72.7 cm³/mol. The molecule has 0 spiro atoms. The van der Waals surface area contributed by atoms with Crippen molar-refractivity contribution < 1.29 is 0 Å². The maximum Gasteiger partial charge on any atom is 0.144 e. The Hall–Kier alpha value is -1.16. The minimum absolute atomic E-state index is 0.445. The van der Waals surface area contributed by atoms with Crippen molar-refractivity contribution in [1.29, 1.82) is 0 Å². The molecule has 98 valence electrons. The summed E-state index contributed by atoms with van der Waals surface area (Å²) in [7, 11) is 2.11. The van der Waals surface area contributed by atoms with Crippen molar-refractivity contribution >= 4 is 5.82 Å². The number of aromatic nitrogens is 2. The van der Waals surface area contributed by atoms with Crippen molar-refractivity contribution in [2.45, 2.75) is 51.0 Å². The van der Waals surface area contributed by atoms with Crippen LogP contribution in [-0.4, -0.2) is 23.6 Å². The molecule has 1 aromatic rings. The molecule has 0 aromatic carbocycles. The van der Waals surface area contributed by atoms with Gasteiger partial charge in [0.1, 0.15) is 11.6 Å². The molecular weight excluding hydrogens is 224 g/mol. The lowest BCUT2D eigenvalue weighted by Crippen LogP contribution is -2.17. The molecular formula is C14H22N4. The highest BCUT2D eigenvalue weighted by Gasteiger charge is 2.27. The van der Waals surface area contributed by atoms with Crippen LogP contribution in [0.25, 0.3) is 0 Å². The number of anilines is 1. The molecule has 0 amide bonds. The lowest BCUT2D eigenvalue weighted by Gasteiger charge is -2.23. The molecule has 1 fully saturated rings. The number of hydrogen-bond donors (Lipinski definition) is 1. The summed E-state index contributed by atoms with van der Waals surface area (Å²) in [5, 5.41) is 0. The Kier molecular flexibility index (Phi) is 3.20. The van der Waals surface area contributed by atoms with Crippen molar-refractivity contribution in [3.05, 3.63) is 17.1 Å². The molecule has 1 aliphatic heterocycles. The molecule has 2 N–H and O–H groups in total. The van der Waals surface area contributed by atoms with Crippen molar-refractivity contribution in [2.24, 2.45) is 5.73 Å². The Morgan fingerprint density at radius 2 is 2.00 bits per heavy atom. The number of likely N-dealkylation sites (N-methyl/N-ethyl adjacent to an activating group) is 1. The van der Waals surface area contributed by atoms with E-state index < -0.39 is 0 Å². The Bertz CT molecular complexity index is 438. The van der Waals surface area contributed by atoms with Gasteiger partial charge in [0.05, 0.1) is 12.2 Å². The van der Waals surface area contributed by atoms with Gasteiger partial charge in [0.15, 0.2) is 0 Å². The van der Waals surface area contributed by atoms with E-state index in [1.807, 2.05) is 0 Å². The zero-order valence-corrected chi connectivity index (χ0v) is 11.2. The molecule has 2 aliphatic rings. The topological polar surface area (TPSA) is 55.0 Å². The fraction of sp³-hybridized carbons (Fsp3) is 0.714. The second-order valence-corrected chi connectivity index (χ2v) is 5.54. The third kappa shape index (κ3) is 1.99. The molecule has 4 nitrogen and oxygen atoms in total. The van der Waals surface area contributed by atoms with E-state index in [2.05, 4.69) is 16.9 Å². The van der Waals surface area contributed by atoms with Crippen LogP contribution in [0.2, 0.25) is 0 Å². The van der Waals surface area contributed by atoms with Gasteiger partial charge in [0.2, 0.25) is 0 Å². The van der Waals surface area contributed by atoms with Crippen molar-refractivity contribution in [1.82, 2.24) is 9.97 Å². The van der Waals surface area contributed by atoms with Crippen molar-refractivity contribution in [3.8, 4) is 0 Å². The Morgan fingerprint density at radius 3 is 2.72 bits per heavy atom. The number of rotatable bonds is 2. The average Bonchev–Trinajstić information content (AvgIpc) is 2.80. The van der Waals surface area contributed by atoms with Crippen molar-refractivity contribution in [3.63, 3.8) is 0 Å². The van der Waals surface area contributed by atoms with Crippen LogP contribution < -0.4 is 10.6 Å². The second kappa shape index (κ2) is 4.84. The first-order chi connectivity index (χ1) is 8.79. The quantitative estimate of drug-likeness (QED) is 0.867. The minimum atomic E-state index is 0.445. The smallest absolute Gasteiger partial charge is 0.144 e. The van der Waals surface area contributed by atoms with Gasteiger partial charge in [-0.2, -0.15) is 0 Å². The maximum atomic E-state index is 5.74. The van der Waals surface area contributed by atoms with Crippen molar-refractivity contribution in [2.75, 3.05) is 18.5 Å². The number of hydrogen-bond acceptors (Lipinski definition) is 4. The van der Waals surface area contributed by atoms with E-state index in [0.29, 0.717) is 12.5 Å². The van der Waals surface area contributed by atoms with Crippen LogP contribution >= 0.6 is 0 Å². The Morgan fingerprint density at radius 1 is 1.22 bits per heavy atom. The average molecular weight is 246 g/mol. The van der Waals surface area contributed by atoms with Gasteiger partial charge in [-0.15, -0.1) is 0 Å². The van der Waals surface area contributed by atoms with Crippen LogP contribution in [0.4, 0.5) is 5.82 Å². The molecule has 18 heavy (non-hydrogen) atoms. The van der Waals surface area contributed by atoms with Gasteiger partial charge in [-0.05, 0) is 19.3 Å². The van der Waals surface area contributed by atoms with Gasteiger partial charge >= 0.3 is 0 Å². The SMILES string of the molecule is CN1CCc2c(C3CCCCC3)nc(CN)nc21. The van der Waals surface area contributed by atoms with E-state index in [1.165, 1.54) is 43.4 Å². The van der Waals surface area contributed by atoms with Crippen LogP contribution in [0.3, 0.4) is 0 Å². The van der Waals surface area contributed by atoms with E-state index in [0.717, 1.165) is 24.6 Å². The largest absolute Gasteiger partial charge is 0.359 e. The highest BCUT2D eigenvalue weighted by atomic mass is 15.2. The van der Waals surface area contributed by atoms with Gasteiger partial charge in [-0.25, -0.2) is 9.97 Å². The second-order valence-electron chi connectivity index (χ2n) is 5.54. The standard InChI is InChI=1S/C14H22N4/c1-18-8-7-11-13(10-5-3-2-4-6-10)16-12(9-15)17-14(11)18/h10H,2-9,15H2,1H3. The Balaban J connectivity index is 2.01. The van der Waals surface area contributed by atoms with Gasteiger partial charge < -0.3 is 10.6 Å². The van der Waals surface area contributed by atoms with E-state index in [9.17, 15) is 0 Å². The first-order valence-electron chi connectivity index (χ1n) is 7.10. The van der Waals surface area contributed by atoms with Crippen LogP contribution in [0.1, 0.15) is 55.1 Å². The van der Waals surface area contributed by atoms with Crippen LogP contribution in [0.15, 0.2) is 0 Å². The summed E-state index contributed by atoms with van der Waals surface area (Å²) in [5.74, 6) is 2.58. The maximum absolute atomic E-state index is 5.74. The van der Waals surface area contributed by atoms with E-state index in [-0.39, 0.29) is 0 Å². The van der Waals surface area contributed by atoms with Crippen LogP contribution in [-0.2, 0) is 13.0 Å². The number of nitrogens with zero attached hydrogens (tertiary/aromatic N) is 3. The first kappa shape index (κ1) is 11.9. The summed E-state index contributed by atoms with van der Waals surface area (Å²) in [5.41, 5.74) is 8.44. The highest BCUT2D eigenvalue weighted by molar-refractivity contribution is 5.54. The monoisotopic (exact) mass is 246 g/mol. The van der Waals surface area contributed by atoms with Gasteiger partial charge in [-0.3, -0.25) is 0 Å². The summed E-state index contributed by atoms with van der Waals surface area (Å²) in [4.78, 5) is 11.6. The molecule has 4 heteroatoms. The Labute approximate surface area is 109 Å². The summed E-state index contributed by atoms with van der Waals surface area (Å²) in [6.07, 6.45) is 7.75. The zero-order chi connectivity index (χ0) is 12.5. The number of nitrogens with two attached hydrogens (primary N) is 1. The van der Waals surface area contributed by atoms with E-state index in [4.69, 9.17) is 10.7 Å². The molecule has 0 unspecified atom stereocenters. The molecule has 1 saturated carbocycles. The molecule has 0 atom stereocenters. The molecule has 1 aliphatic carbocycles. The summed E-state index contributed by atoms with van der Waals surface area (Å²) in [6, 6.07) is 0. The third-order valence-electron chi connectivity index (χ3n) is 4.30. The summed E-state index contributed by atoms with van der Waals surface area (Å²) in [6.45, 7) is 1.51. The molecule has 1 aromatic heterocycles. The highest BCUT2D eigenvalue weighted by Crippen LogP contribution is 2.37. The fourth-order valence-electron chi connectivity index (χ4n) is 3.28. The predicted octanol–water partition coefficient (Wildman–Crippen LogP) is 1.98. The molecule has 0 bridgehead atoms. The lowest BCUT2D eigenvalue weighted by molar-refractivity contribution is 0.433. The van der Waals surface area contributed by atoms with Crippen LogP contribution in [0, 0.1) is 0 Å². The molecule has 0 radical (unpaired) electrons. The molecule has 3 rings (SSSR count). The molecule has 0 saturated heterocycles. The van der Waals surface area contributed by atoms with Gasteiger partial charge in [-0.1, -0.05) is 19.3 Å². The van der Waals surface area contributed by atoms with Gasteiger partial charge in [0.25, 0.3) is 0 Å². The minimum Gasteiger partial charge on any atom is -0.359 e. The lowest BCUT2D eigenvalue weighted by atomic mass is 9.85. The van der Waals surface area contributed by atoms with Gasteiger partial charge in [0, 0.05) is 25.1 Å². The zero-order valence-electron chi connectivity index (χ0n) is 11.2. The molecule has 2 heterocycles. The summed E-state index contributed by atoms with van der Waals surface area (Å²) < 4.78 is 0. The summed E-state index contributed by atoms with van der Waals surface area (Å²) >= 11 is 0. The van der Waals surface area contributed by atoms with Crippen LogP contribution in [0.5, 0.6) is 0 Å².